The second kappa shape index (κ2) is 4.39. The molecule has 1 heterocycles. The van der Waals surface area contributed by atoms with Crippen LogP contribution in [0.1, 0.15) is 30.4 Å². The van der Waals surface area contributed by atoms with Crippen molar-refractivity contribution < 1.29 is 9.90 Å². The molecule has 1 N–H and O–H groups in total. The van der Waals surface area contributed by atoms with Crippen LogP contribution in [0.5, 0.6) is 0 Å². The van der Waals surface area contributed by atoms with Crippen molar-refractivity contribution in [2.75, 3.05) is 13.1 Å². The molecule has 0 amide bonds. The molecule has 0 radical (unpaired) electrons. The third kappa shape index (κ3) is 2.15. The summed E-state index contributed by atoms with van der Waals surface area (Å²) in [4.78, 5) is 13.3. The van der Waals surface area contributed by atoms with E-state index in [1.807, 2.05) is 18.2 Å². The van der Waals surface area contributed by atoms with Crippen molar-refractivity contribution in [2.45, 2.75) is 32.2 Å². The quantitative estimate of drug-likeness (QED) is 0.885. The molecule has 1 saturated heterocycles. The van der Waals surface area contributed by atoms with Gasteiger partial charge in [-0.05, 0) is 29.4 Å². The van der Waals surface area contributed by atoms with E-state index in [0.29, 0.717) is 5.41 Å². The van der Waals surface area contributed by atoms with Crippen LogP contribution in [-0.4, -0.2) is 29.1 Å². The van der Waals surface area contributed by atoms with Gasteiger partial charge in [-0.1, -0.05) is 30.7 Å². The molecule has 0 unspecified atom stereocenters. The normalized spacial score (nSPS) is 21.3. The van der Waals surface area contributed by atoms with Gasteiger partial charge in [-0.2, -0.15) is 0 Å². The highest BCUT2D eigenvalue weighted by Crippen LogP contribution is 2.48. The summed E-state index contributed by atoms with van der Waals surface area (Å²) in [5, 5.41) is 8.91. The minimum absolute atomic E-state index is 0.134. The van der Waals surface area contributed by atoms with Gasteiger partial charge in [0, 0.05) is 19.6 Å². The maximum Gasteiger partial charge on any atom is 0.307 e. The number of hydrogen-bond acceptors (Lipinski definition) is 2. The summed E-state index contributed by atoms with van der Waals surface area (Å²) >= 11 is 0. The Kier molecular flexibility index (Phi) is 2.86. The molecule has 3 heteroatoms. The Morgan fingerprint density at radius 1 is 1.22 bits per heavy atom. The Labute approximate surface area is 107 Å². The molecular weight excluding hydrogens is 226 g/mol. The van der Waals surface area contributed by atoms with Crippen LogP contribution in [0, 0.1) is 5.41 Å². The first-order valence-electron chi connectivity index (χ1n) is 6.68. The van der Waals surface area contributed by atoms with E-state index in [4.69, 9.17) is 5.11 Å². The van der Waals surface area contributed by atoms with Gasteiger partial charge < -0.3 is 5.11 Å². The maximum absolute atomic E-state index is 10.8. The van der Waals surface area contributed by atoms with E-state index in [2.05, 4.69) is 11.0 Å². The van der Waals surface area contributed by atoms with Gasteiger partial charge in [0.15, 0.2) is 0 Å². The zero-order valence-corrected chi connectivity index (χ0v) is 10.6. The van der Waals surface area contributed by atoms with Gasteiger partial charge in [0.25, 0.3) is 0 Å². The molecule has 1 saturated carbocycles. The van der Waals surface area contributed by atoms with Gasteiger partial charge in [-0.25, -0.2) is 0 Å². The zero-order valence-electron chi connectivity index (χ0n) is 10.6. The van der Waals surface area contributed by atoms with Gasteiger partial charge in [-0.15, -0.1) is 0 Å². The van der Waals surface area contributed by atoms with E-state index < -0.39 is 5.97 Å². The second-order valence-electron chi connectivity index (χ2n) is 5.84. The van der Waals surface area contributed by atoms with Crippen molar-refractivity contribution in [1.82, 2.24) is 4.90 Å². The van der Waals surface area contributed by atoms with Crippen LogP contribution in [0.4, 0.5) is 0 Å². The number of nitrogens with zero attached hydrogens (tertiary/aromatic N) is 1. The van der Waals surface area contributed by atoms with Crippen LogP contribution >= 0.6 is 0 Å². The summed E-state index contributed by atoms with van der Waals surface area (Å²) in [5.74, 6) is -0.749. The average molecular weight is 245 g/mol. The van der Waals surface area contributed by atoms with Gasteiger partial charge in [0.2, 0.25) is 0 Å². The molecule has 3 rings (SSSR count). The standard InChI is InChI=1S/C15H19NO2/c17-14(18)8-12-4-1-2-5-13(12)9-16-10-15(11-16)6-3-7-15/h1-2,4-5H,3,6-11H2,(H,17,18). The van der Waals surface area contributed by atoms with Gasteiger partial charge in [-0.3, -0.25) is 9.69 Å². The third-order valence-electron chi connectivity index (χ3n) is 4.39. The minimum atomic E-state index is -0.749. The SMILES string of the molecule is O=C(O)Cc1ccccc1CN1CC2(CCC2)C1. The molecule has 1 spiro atoms. The molecule has 96 valence electrons. The van der Waals surface area contributed by atoms with Gasteiger partial charge in [0.05, 0.1) is 6.42 Å². The average Bonchev–Trinajstić information content (AvgIpc) is 2.21. The zero-order chi connectivity index (χ0) is 12.6. The van der Waals surface area contributed by atoms with Crippen molar-refractivity contribution in [1.29, 1.82) is 0 Å². The highest BCUT2D eigenvalue weighted by atomic mass is 16.4. The van der Waals surface area contributed by atoms with Crippen molar-refractivity contribution in [3.8, 4) is 0 Å². The first-order valence-corrected chi connectivity index (χ1v) is 6.68. The van der Waals surface area contributed by atoms with Crippen LogP contribution in [0.2, 0.25) is 0 Å². The summed E-state index contributed by atoms with van der Waals surface area (Å²) < 4.78 is 0. The van der Waals surface area contributed by atoms with Crippen molar-refractivity contribution in [3.63, 3.8) is 0 Å². The third-order valence-corrected chi connectivity index (χ3v) is 4.39. The lowest BCUT2D eigenvalue weighted by Gasteiger charge is -2.56. The van der Waals surface area contributed by atoms with E-state index in [1.54, 1.807) is 0 Å². The smallest absolute Gasteiger partial charge is 0.307 e. The molecule has 0 bridgehead atoms. The number of likely N-dealkylation sites (tertiary alicyclic amines) is 1. The summed E-state index contributed by atoms with van der Waals surface area (Å²) in [6.07, 6.45) is 4.30. The van der Waals surface area contributed by atoms with Crippen LogP contribution in [0.25, 0.3) is 0 Å². The summed E-state index contributed by atoms with van der Waals surface area (Å²) in [7, 11) is 0. The Morgan fingerprint density at radius 2 is 1.89 bits per heavy atom. The van der Waals surface area contributed by atoms with Crippen LogP contribution in [-0.2, 0) is 17.8 Å². The maximum atomic E-state index is 10.8. The fourth-order valence-corrected chi connectivity index (χ4v) is 3.30. The lowest BCUT2D eigenvalue weighted by molar-refractivity contribution is -0.136. The number of benzene rings is 1. The highest BCUT2D eigenvalue weighted by molar-refractivity contribution is 5.70. The molecular formula is C15H19NO2. The monoisotopic (exact) mass is 245 g/mol. The first-order chi connectivity index (χ1) is 8.67. The summed E-state index contributed by atoms with van der Waals surface area (Å²) in [5.41, 5.74) is 2.77. The Morgan fingerprint density at radius 3 is 2.44 bits per heavy atom. The molecule has 2 fully saturated rings. The molecule has 0 atom stereocenters. The number of hydrogen-bond donors (Lipinski definition) is 1. The summed E-state index contributed by atoms with van der Waals surface area (Å²) in [6.45, 7) is 3.31. The molecule has 2 aliphatic rings. The van der Waals surface area contributed by atoms with E-state index >= 15 is 0 Å². The number of carboxylic acid groups (broad SMARTS) is 1. The van der Waals surface area contributed by atoms with Crippen molar-refractivity contribution in [2.24, 2.45) is 5.41 Å². The molecule has 1 aromatic carbocycles. The second-order valence-corrected chi connectivity index (χ2v) is 5.84. The van der Waals surface area contributed by atoms with Gasteiger partial charge in [0.1, 0.15) is 0 Å². The number of carboxylic acids is 1. The number of aliphatic carboxylic acids is 1. The topological polar surface area (TPSA) is 40.5 Å². The molecule has 0 aromatic heterocycles. The van der Waals surface area contributed by atoms with Crippen LogP contribution < -0.4 is 0 Å². The van der Waals surface area contributed by atoms with E-state index in [0.717, 1.165) is 12.1 Å². The molecule has 1 aliphatic heterocycles. The minimum Gasteiger partial charge on any atom is -0.481 e. The Bertz CT molecular complexity index is 457. The molecule has 1 aliphatic carbocycles. The fraction of sp³-hybridized carbons (Fsp3) is 0.533. The Balaban J connectivity index is 1.64. The van der Waals surface area contributed by atoms with Crippen LogP contribution in [0.3, 0.4) is 0 Å². The Hall–Kier alpha value is -1.35. The summed E-state index contributed by atoms with van der Waals surface area (Å²) in [6, 6.07) is 7.91. The molecule has 1 aromatic rings. The van der Waals surface area contributed by atoms with Crippen LogP contribution in [0.15, 0.2) is 24.3 Å². The lowest BCUT2D eigenvalue weighted by atomic mass is 9.63. The molecule has 3 nitrogen and oxygen atoms in total. The fourth-order valence-electron chi connectivity index (χ4n) is 3.30. The largest absolute Gasteiger partial charge is 0.481 e. The van der Waals surface area contributed by atoms with E-state index in [1.165, 1.54) is 37.9 Å². The van der Waals surface area contributed by atoms with E-state index in [-0.39, 0.29) is 6.42 Å². The number of carbonyl (C=O) groups is 1. The number of rotatable bonds is 4. The first kappa shape index (κ1) is 11.7. The van der Waals surface area contributed by atoms with Crippen molar-refractivity contribution in [3.05, 3.63) is 35.4 Å². The van der Waals surface area contributed by atoms with Crippen molar-refractivity contribution >= 4 is 5.97 Å². The predicted octanol–water partition coefficient (Wildman–Crippen LogP) is 2.30. The molecule has 18 heavy (non-hydrogen) atoms. The predicted molar refractivity (Wildman–Crippen MR) is 69.3 cm³/mol. The van der Waals surface area contributed by atoms with E-state index in [9.17, 15) is 4.79 Å². The highest BCUT2D eigenvalue weighted by Gasteiger charge is 2.46. The lowest BCUT2D eigenvalue weighted by Crippen LogP contribution is -2.59. The van der Waals surface area contributed by atoms with Gasteiger partial charge >= 0.3 is 5.97 Å².